The second kappa shape index (κ2) is 4.76. The first kappa shape index (κ1) is 10.7. The van der Waals surface area contributed by atoms with Crippen LogP contribution in [-0.4, -0.2) is 21.6 Å². The molecule has 0 aromatic carbocycles. The average molecular weight is 197 g/mol. The quantitative estimate of drug-likeness (QED) is 0.642. The van der Waals surface area contributed by atoms with Crippen molar-refractivity contribution in [2.45, 2.75) is 26.8 Å². The number of nitrogens with zero attached hydrogens (tertiary/aromatic N) is 1. The predicted octanol–water partition coefficient (Wildman–Crippen LogP) is 0.147. The summed E-state index contributed by atoms with van der Waals surface area (Å²) in [6, 6.07) is 0. The molecule has 0 saturated carbocycles. The van der Waals surface area contributed by atoms with Crippen molar-refractivity contribution in [3.63, 3.8) is 0 Å². The molecule has 1 aromatic heterocycles. The lowest BCUT2D eigenvalue weighted by molar-refractivity contribution is 0.438. The van der Waals surface area contributed by atoms with Gasteiger partial charge in [-0.05, 0) is 13.0 Å². The molecular formula is C9H15N3O2. The van der Waals surface area contributed by atoms with Crippen LogP contribution >= 0.6 is 0 Å². The molecule has 1 rings (SSSR count). The van der Waals surface area contributed by atoms with Gasteiger partial charge < -0.3 is 15.4 Å². The molecule has 78 valence electrons. The maximum atomic E-state index is 11.4. The molecule has 0 aliphatic heterocycles. The molecule has 14 heavy (non-hydrogen) atoms. The molecule has 5 heteroatoms. The number of aromatic hydroxyl groups is 1. The van der Waals surface area contributed by atoms with Gasteiger partial charge in [0.05, 0.1) is 12.1 Å². The second-order valence-corrected chi connectivity index (χ2v) is 2.95. The highest BCUT2D eigenvalue weighted by Gasteiger charge is 2.07. The summed E-state index contributed by atoms with van der Waals surface area (Å²) in [6.45, 7) is 5.01. The molecule has 0 unspecified atom stereocenters. The zero-order valence-electron chi connectivity index (χ0n) is 8.42. The largest absolute Gasteiger partial charge is 0.493 e. The van der Waals surface area contributed by atoms with Gasteiger partial charge in [0.25, 0.3) is 5.56 Å². The summed E-state index contributed by atoms with van der Waals surface area (Å²) in [6.07, 6.45) is 0.482. The van der Waals surface area contributed by atoms with Crippen molar-refractivity contribution in [2.24, 2.45) is 0 Å². The number of hydrogen-bond donors (Lipinski definition) is 3. The molecule has 0 aliphatic carbocycles. The number of aromatic nitrogens is 2. The van der Waals surface area contributed by atoms with Gasteiger partial charge in [-0.25, -0.2) is 0 Å². The van der Waals surface area contributed by atoms with Crippen LogP contribution < -0.4 is 10.9 Å². The van der Waals surface area contributed by atoms with E-state index in [1.807, 2.05) is 6.92 Å². The van der Waals surface area contributed by atoms with E-state index in [0.29, 0.717) is 24.4 Å². The molecule has 0 saturated heterocycles. The van der Waals surface area contributed by atoms with Gasteiger partial charge in [-0.2, -0.15) is 4.98 Å². The van der Waals surface area contributed by atoms with E-state index in [1.165, 1.54) is 0 Å². The first-order valence-electron chi connectivity index (χ1n) is 4.70. The normalized spacial score (nSPS) is 10.4. The summed E-state index contributed by atoms with van der Waals surface area (Å²) in [7, 11) is 0. The Kier molecular flexibility index (Phi) is 3.64. The van der Waals surface area contributed by atoms with Gasteiger partial charge in [0.1, 0.15) is 5.82 Å². The fourth-order valence-corrected chi connectivity index (χ4v) is 1.18. The molecule has 0 fully saturated rings. The van der Waals surface area contributed by atoms with Crippen LogP contribution in [0.1, 0.15) is 25.2 Å². The Balaban J connectivity index is 2.96. The Morgan fingerprint density at radius 2 is 2.21 bits per heavy atom. The van der Waals surface area contributed by atoms with Crippen molar-refractivity contribution in [1.82, 2.24) is 15.3 Å². The third kappa shape index (κ3) is 2.32. The summed E-state index contributed by atoms with van der Waals surface area (Å²) < 4.78 is 0. The Morgan fingerprint density at radius 3 is 2.71 bits per heavy atom. The first-order chi connectivity index (χ1) is 6.69. The van der Waals surface area contributed by atoms with Gasteiger partial charge in [-0.1, -0.05) is 13.8 Å². The molecule has 1 aromatic rings. The minimum atomic E-state index is -0.257. The minimum Gasteiger partial charge on any atom is -0.493 e. The van der Waals surface area contributed by atoms with Crippen LogP contribution in [0.15, 0.2) is 4.79 Å². The highest BCUT2D eigenvalue weighted by atomic mass is 16.3. The van der Waals surface area contributed by atoms with Crippen LogP contribution in [0.2, 0.25) is 0 Å². The number of nitrogens with one attached hydrogen (secondary N) is 2. The van der Waals surface area contributed by atoms with Crippen molar-refractivity contribution in [1.29, 1.82) is 0 Å². The van der Waals surface area contributed by atoms with Crippen molar-refractivity contribution >= 4 is 0 Å². The highest BCUT2D eigenvalue weighted by Crippen LogP contribution is 2.08. The molecular weight excluding hydrogens is 182 g/mol. The highest BCUT2D eigenvalue weighted by molar-refractivity contribution is 5.22. The molecule has 0 amide bonds. The summed E-state index contributed by atoms with van der Waals surface area (Å²) in [5.74, 6) is 0.302. The van der Waals surface area contributed by atoms with E-state index in [9.17, 15) is 9.90 Å². The topological polar surface area (TPSA) is 78.0 Å². The number of aromatic amines is 1. The molecule has 3 N–H and O–H groups in total. The molecule has 0 atom stereocenters. The van der Waals surface area contributed by atoms with Crippen LogP contribution in [0, 0.1) is 0 Å². The van der Waals surface area contributed by atoms with Crippen LogP contribution in [0.25, 0.3) is 0 Å². The van der Waals surface area contributed by atoms with Gasteiger partial charge >= 0.3 is 0 Å². The molecule has 0 bridgehead atoms. The van der Waals surface area contributed by atoms with E-state index in [-0.39, 0.29) is 11.4 Å². The Morgan fingerprint density at radius 1 is 1.50 bits per heavy atom. The lowest BCUT2D eigenvalue weighted by Crippen LogP contribution is -2.21. The molecule has 1 heterocycles. The number of H-pyrrole nitrogens is 1. The van der Waals surface area contributed by atoms with Crippen molar-refractivity contribution in [3.8, 4) is 5.88 Å². The Bertz CT molecular complexity index is 360. The molecule has 0 radical (unpaired) electrons. The standard InChI is InChI=1S/C9H15N3O2/c1-3-6-8(13)11-7(5-10-4-2)12-9(6)14/h10H,3-5H2,1-2H3,(H2,11,12,13,14). The molecule has 5 nitrogen and oxygen atoms in total. The summed E-state index contributed by atoms with van der Waals surface area (Å²) in [4.78, 5) is 17.9. The molecule has 0 spiro atoms. The van der Waals surface area contributed by atoms with Crippen LogP contribution in [0.5, 0.6) is 5.88 Å². The third-order valence-electron chi connectivity index (χ3n) is 1.94. The smallest absolute Gasteiger partial charge is 0.257 e. The number of hydrogen-bond acceptors (Lipinski definition) is 4. The monoisotopic (exact) mass is 197 g/mol. The minimum absolute atomic E-state index is 0.163. The average Bonchev–Trinajstić information content (AvgIpc) is 2.14. The Labute approximate surface area is 82.2 Å². The van der Waals surface area contributed by atoms with E-state index >= 15 is 0 Å². The van der Waals surface area contributed by atoms with Gasteiger partial charge in [0.2, 0.25) is 5.88 Å². The van der Waals surface area contributed by atoms with Crippen molar-refractivity contribution in [2.75, 3.05) is 6.54 Å². The third-order valence-corrected chi connectivity index (χ3v) is 1.94. The van der Waals surface area contributed by atoms with Gasteiger partial charge in [0, 0.05) is 0 Å². The maximum Gasteiger partial charge on any atom is 0.257 e. The number of rotatable bonds is 4. The van der Waals surface area contributed by atoms with Gasteiger partial charge in [0.15, 0.2) is 0 Å². The van der Waals surface area contributed by atoms with Crippen LogP contribution in [0.4, 0.5) is 0 Å². The lowest BCUT2D eigenvalue weighted by Gasteiger charge is -2.04. The Hall–Kier alpha value is -1.36. The van der Waals surface area contributed by atoms with Crippen LogP contribution in [-0.2, 0) is 13.0 Å². The lowest BCUT2D eigenvalue weighted by atomic mass is 10.2. The van der Waals surface area contributed by atoms with E-state index in [0.717, 1.165) is 6.54 Å². The molecule has 0 aliphatic rings. The van der Waals surface area contributed by atoms with Crippen molar-refractivity contribution < 1.29 is 5.11 Å². The van der Waals surface area contributed by atoms with E-state index < -0.39 is 0 Å². The van der Waals surface area contributed by atoms with E-state index in [1.54, 1.807) is 6.92 Å². The zero-order chi connectivity index (χ0) is 10.6. The van der Waals surface area contributed by atoms with Gasteiger partial charge in [-0.3, -0.25) is 4.79 Å². The van der Waals surface area contributed by atoms with Gasteiger partial charge in [-0.15, -0.1) is 0 Å². The zero-order valence-corrected chi connectivity index (χ0v) is 8.42. The van der Waals surface area contributed by atoms with Crippen LogP contribution in [0.3, 0.4) is 0 Å². The van der Waals surface area contributed by atoms with Crippen molar-refractivity contribution in [3.05, 3.63) is 21.7 Å². The predicted molar refractivity (Wildman–Crippen MR) is 53.3 cm³/mol. The maximum absolute atomic E-state index is 11.4. The summed E-state index contributed by atoms with van der Waals surface area (Å²) >= 11 is 0. The van der Waals surface area contributed by atoms with E-state index in [4.69, 9.17) is 0 Å². The second-order valence-electron chi connectivity index (χ2n) is 2.95. The fraction of sp³-hybridized carbons (Fsp3) is 0.556. The van der Waals surface area contributed by atoms with E-state index in [2.05, 4.69) is 15.3 Å². The summed E-state index contributed by atoms with van der Waals surface area (Å²) in [5, 5.41) is 12.4. The fourth-order valence-electron chi connectivity index (χ4n) is 1.18. The summed E-state index contributed by atoms with van der Waals surface area (Å²) in [5.41, 5.74) is 0.0816. The first-order valence-corrected chi connectivity index (χ1v) is 4.70. The SMILES string of the molecule is CCNCc1nc(O)c(CC)c(=O)[nH]1.